The van der Waals surface area contributed by atoms with Crippen LogP contribution >= 0.6 is 0 Å². The topological polar surface area (TPSA) is 61.3 Å². The van der Waals surface area contributed by atoms with E-state index in [-0.39, 0.29) is 0 Å². The second kappa shape index (κ2) is 5.91. The summed E-state index contributed by atoms with van der Waals surface area (Å²) in [7, 11) is 0. The maximum absolute atomic E-state index is 11.1. The molecule has 1 saturated heterocycles. The van der Waals surface area contributed by atoms with Crippen LogP contribution in [0.15, 0.2) is 36.7 Å². The minimum Gasteiger partial charge on any atom is -0.383 e. The van der Waals surface area contributed by atoms with Crippen molar-refractivity contribution in [3.05, 3.63) is 53.5 Å². The van der Waals surface area contributed by atoms with Crippen LogP contribution in [0.3, 0.4) is 0 Å². The summed E-state index contributed by atoms with van der Waals surface area (Å²) in [5.74, 6) is 1.01. The van der Waals surface area contributed by atoms with Crippen LogP contribution < -0.4 is 10.2 Å². The van der Waals surface area contributed by atoms with Crippen molar-refractivity contribution in [2.45, 2.75) is 24.9 Å². The van der Waals surface area contributed by atoms with Gasteiger partial charge >= 0.3 is 0 Å². The average Bonchev–Trinajstić information content (AvgIpc) is 2.84. The Morgan fingerprint density at radius 3 is 2.78 bits per heavy atom. The Bertz CT molecular complexity index is 691. The van der Waals surface area contributed by atoms with Crippen LogP contribution in [0.4, 0.5) is 5.82 Å². The number of rotatable bonds is 2. The zero-order valence-corrected chi connectivity index (χ0v) is 13.2. The minimum absolute atomic E-state index is 0.591. The number of nitrogens with zero attached hydrogens (tertiary/aromatic N) is 3. The summed E-state index contributed by atoms with van der Waals surface area (Å²) >= 11 is 0. The highest BCUT2D eigenvalue weighted by atomic mass is 16.3. The second-order valence-electron chi connectivity index (χ2n) is 6.44. The molecule has 0 bridgehead atoms. The molecule has 2 aliphatic rings. The number of nitrogens with one attached hydrogen (secondary N) is 1. The van der Waals surface area contributed by atoms with Gasteiger partial charge in [0.2, 0.25) is 0 Å². The molecule has 23 heavy (non-hydrogen) atoms. The molecule has 2 aromatic rings. The van der Waals surface area contributed by atoms with Crippen LogP contribution in [-0.2, 0) is 18.4 Å². The molecular formula is C18H22N4O. The Labute approximate surface area is 136 Å². The van der Waals surface area contributed by atoms with E-state index in [1.165, 1.54) is 5.56 Å². The molecule has 1 aromatic heterocycles. The maximum atomic E-state index is 11.1. The number of hydrogen-bond acceptors (Lipinski definition) is 5. The molecule has 1 aromatic carbocycles. The van der Waals surface area contributed by atoms with E-state index < -0.39 is 5.60 Å². The van der Waals surface area contributed by atoms with E-state index in [1.807, 2.05) is 30.3 Å². The summed E-state index contributed by atoms with van der Waals surface area (Å²) < 4.78 is 0. The molecule has 3 heterocycles. The van der Waals surface area contributed by atoms with Crippen molar-refractivity contribution >= 4 is 5.82 Å². The SMILES string of the molecule is OC1(c2ccccc2)CCN(c2ncnc3c2CCNCC3)C1. The third-order valence-electron chi connectivity index (χ3n) is 4.96. The van der Waals surface area contributed by atoms with Gasteiger partial charge in [-0.05, 0) is 24.9 Å². The van der Waals surface area contributed by atoms with Gasteiger partial charge in [0.15, 0.2) is 0 Å². The lowest BCUT2D eigenvalue weighted by molar-refractivity contribution is 0.0606. The zero-order valence-electron chi connectivity index (χ0n) is 13.2. The zero-order chi connectivity index (χ0) is 15.7. The molecule has 1 fully saturated rings. The van der Waals surface area contributed by atoms with Gasteiger partial charge in [-0.1, -0.05) is 30.3 Å². The third-order valence-corrected chi connectivity index (χ3v) is 4.96. The number of anilines is 1. The Kier molecular flexibility index (Phi) is 3.75. The molecule has 0 spiro atoms. The van der Waals surface area contributed by atoms with E-state index in [9.17, 15) is 5.11 Å². The van der Waals surface area contributed by atoms with E-state index >= 15 is 0 Å². The quantitative estimate of drug-likeness (QED) is 0.874. The number of fused-ring (bicyclic) bond motifs is 1. The van der Waals surface area contributed by atoms with Gasteiger partial charge in [-0.15, -0.1) is 0 Å². The largest absolute Gasteiger partial charge is 0.383 e. The molecule has 5 heteroatoms. The van der Waals surface area contributed by atoms with Gasteiger partial charge in [0.05, 0.1) is 12.2 Å². The Morgan fingerprint density at radius 2 is 1.91 bits per heavy atom. The average molecular weight is 310 g/mol. The fourth-order valence-electron chi connectivity index (χ4n) is 3.69. The molecule has 120 valence electrons. The first-order valence-corrected chi connectivity index (χ1v) is 8.33. The van der Waals surface area contributed by atoms with Crippen LogP contribution in [0.5, 0.6) is 0 Å². The van der Waals surface area contributed by atoms with Crippen molar-refractivity contribution in [3.63, 3.8) is 0 Å². The first kappa shape index (κ1) is 14.6. The van der Waals surface area contributed by atoms with Crippen LogP contribution in [0.1, 0.15) is 23.2 Å². The van der Waals surface area contributed by atoms with Crippen LogP contribution in [0.2, 0.25) is 0 Å². The lowest BCUT2D eigenvalue weighted by atomic mass is 9.93. The third kappa shape index (κ3) is 2.71. The fraction of sp³-hybridized carbons (Fsp3) is 0.444. The Balaban J connectivity index is 1.63. The van der Waals surface area contributed by atoms with Gasteiger partial charge in [-0.3, -0.25) is 0 Å². The monoisotopic (exact) mass is 310 g/mol. The fourth-order valence-corrected chi connectivity index (χ4v) is 3.69. The van der Waals surface area contributed by atoms with Crippen molar-refractivity contribution in [3.8, 4) is 0 Å². The van der Waals surface area contributed by atoms with E-state index in [0.29, 0.717) is 6.54 Å². The van der Waals surface area contributed by atoms with Crippen molar-refractivity contribution in [1.82, 2.24) is 15.3 Å². The first-order chi connectivity index (χ1) is 11.3. The van der Waals surface area contributed by atoms with Crippen LogP contribution in [-0.4, -0.2) is 41.3 Å². The normalized spacial score (nSPS) is 24.3. The van der Waals surface area contributed by atoms with Crippen LogP contribution in [0.25, 0.3) is 0 Å². The predicted molar refractivity (Wildman–Crippen MR) is 89.5 cm³/mol. The molecule has 0 aliphatic carbocycles. The van der Waals surface area contributed by atoms with Gasteiger partial charge in [0.25, 0.3) is 0 Å². The van der Waals surface area contributed by atoms with Gasteiger partial charge < -0.3 is 15.3 Å². The predicted octanol–water partition coefficient (Wildman–Crippen LogP) is 1.26. The summed E-state index contributed by atoms with van der Waals surface area (Å²) in [5, 5.41) is 14.5. The van der Waals surface area contributed by atoms with Crippen LogP contribution in [0, 0.1) is 0 Å². The molecule has 1 atom stereocenters. The summed E-state index contributed by atoms with van der Waals surface area (Å²) in [6.07, 6.45) is 4.29. The second-order valence-corrected chi connectivity index (χ2v) is 6.44. The molecule has 2 N–H and O–H groups in total. The van der Waals surface area contributed by atoms with E-state index in [1.54, 1.807) is 6.33 Å². The summed E-state index contributed by atoms with van der Waals surface area (Å²) in [6.45, 7) is 3.34. The number of aromatic nitrogens is 2. The number of hydrogen-bond donors (Lipinski definition) is 2. The Hall–Kier alpha value is -1.98. The van der Waals surface area contributed by atoms with Gasteiger partial charge in [0, 0.05) is 25.1 Å². The van der Waals surface area contributed by atoms with Crippen molar-refractivity contribution < 1.29 is 5.11 Å². The van der Waals surface area contributed by atoms with E-state index in [4.69, 9.17) is 0 Å². The van der Waals surface area contributed by atoms with E-state index in [2.05, 4.69) is 20.2 Å². The highest BCUT2D eigenvalue weighted by Crippen LogP contribution is 2.35. The molecule has 0 saturated carbocycles. The smallest absolute Gasteiger partial charge is 0.135 e. The molecule has 0 radical (unpaired) electrons. The molecule has 4 rings (SSSR count). The standard InChI is InChI=1S/C18H22N4O/c23-18(14-4-2-1-3-5-14)8-11-22(12-18)17-15-6-9-19-10-7-16(15)20-13-21-17/h1-5,13,19,23H,6-12H2. The first-order valence-electron chi connectivity index (χ1n) is 8.33. The van der Waals surface area contributed by atoms with Gasteiger partial charge in [-0.25, -0.2) is 9.97 Å². The van der Waals surface area contributed by atoms with Crippen molar-refractivity contribution in [2.75, 3.05) is 31.1 Å². The molecular weight excluding hydrogens is 288 g/mol. The van der Waals surface area contributed by atoms with Crippen molar-refractivity contribution in [2.24, 2.45) is 0 Å². The molecule has 5 nitrogen and oxygen atoms in total. The lowest BCUT2D eigenvalue weighted by Crippen LogP contribution is -2.31. The maximum Gasteiger partial charge on any atom is 0.135 e. The number of β-amino-alcohol motifs (C(OH)–C–C–N with tert-alkyl or cyclic N) is 1. The summed E-state index contributed by atoms with van der Waals surface area (Å²) in [5.41, 5.74) is 2.59. The summed E-state index contributed by atoms with van der Waals surface area (Å²) in [6, 6.07) is 9.97. The van der Waals surface area contributed by atoms with Gasteiger partial charge in [-0.2, -0.15) is 0 Å². The molecule has 2 aliphatic heterocycles. The minimum atomic E-state index is -0.790. The summed E-state index contributed by atoms with van der Waals surface area (Å²) in [4.78, 5) is 11.2. The molecule has 0 amide bonds. The van der Waals surface area contributed by atoms with E-state index in [0.717, 1.165) is 56.0 Å². The van der Waals surface area contributed by atoms with Gasteiger partial charge in [0.1, 0.15) is 17.7 Å². The number of aliphatic hydroxyl groups is 1. The Morgan fingerprint density at radius 1 is 1.09 bits per heavy atom. The highest BCUT2D eigenvalue weighted by molar-refractivity contribution is 5.51. The highest BCUT2D eigenvalue weighted by Gasteiger charge is 2.39. The molecule has 1 unspecified atom stereocenters. The van der Waals surface area contributed by atoms with Crippen molar-refractivity contribution in [1.29, 1.82) is 0 Å². The number of benzene rings is 1. The lowest BCUT2D eigenvalue weighted by Gasteiger charge is -2.25.